The second-order valence-corrected chi connectivity index (χ2v) is 3.35. The van der Waals surface area contributed by atoms with Gasteiger partial charge < -0.3 is 9.52 Å². The topological polar surface area (TPSA) is 50.4 Å². The molecule has 72 valence electrons. The molecule has 0 amide bonds. The molecule has 1 aromatic heterocycles. The van der Waals surface area contributed by atoms with Crippen LogP contribution in [0.5, 0.6) is 0 Å². The number of fused-ring (bicyclic) bond motifs is 1. The van der Waals surface area contributed by atoms with E-state index in [9.17, 15) is 4.79 Å². The Labute approximate surface area is 84.9 Å². The molecule has 0 saturated heterocycles. The van der Waals surface area contributed by atoms with E-state index in [-0.39, 0.29) is 6.42 Å². The summed E-state index contributed by atoms with van der Waals surface area (Å²) < 4.78 is 5.18. The highest BCUT2D eigenvalue weighted by Crippen LogP contribution is 2.27. The Balaban J connectivity index is 2.60. The number of hydrogen-bond acceptors (Lipinski definition) is 2. The maximum absolute atomic E-state index is 10.5. The Morgan fingerprint density at radius 1 is 1.43 bits per heavy atom. The molecule has 2 rings (SSSR count). The molecule has 0 bridgehead atoms. The van der Waals surface area contributed by atoms with Gasteiger partial charge in [-0.25, -0.2) is 0 Å². The molecule has 0 unspecified atom stereocenters. The zero-order valence-corrected chi connectivity index (χ0v) is 7.91. The van der Waals surface area contributed by atoms with Crippen molar-refractivity contribution in [2.45, 2.75) is 6.42 Å². The molecular weight excluding hydrogens is 204 g/mol. The molecule has 0 fully saturated rings. The molecule has 0 aliphatic rings. The molecule has 1 aromatic carbocycles. The number of benzene rings is 1. The predicted molar refractivity (Wildman–Crippen MR) is 52.6 cm³/mol. The lowest BCUT2D eigenvalue weighted by atomic mass is 10.1. The first-order valence-electron chi connectivity index (χ1n) is 4.05. The highest BCUT2D eigenvalue weighted by molar-refractivity contribution is 6.35. The first-order chi connectivity index (χ1) is 6.68. The highest BCUT2D eigenvalue weighted by atomic mass is 35.5. The van der Waals surface area contributed by atoms with Crippen molar-refractivity contribution in [2.75, 3.05) is 0 Å². The zero-order chi connectivity index (χ0) is 10.1. The van der Waals surface area contributed by atoms with E-state index in [0.717, 1.165) is 5.39 Å². The molecule has 3 nitrogen and oxygen atoms in total. The number of furan rings is 1. The van der Waals surface area contributed by atoms with Crippen LogP contribution in [0, 0.1) is 0 Å². The van der Waals surface area contributed by atoms with Gasteiger partial charge in [0.2, 0.25) is 0 Å². The number of carboxylic acids is 1. The van der Waals surface area contributed by atoms with E-state index >= 15 is 0 Å². The van der Waals surface area contributed by atoms with Crippen molar-refractivity contribution in [1.82, 2.24) is 0 Å². The van der Waals surface area contributed by atoms with Crippen LogP contribution in [-0.2, 0) is 11.2 Å². The molecule has 14 heavy (non-hydrogen) atoms. The monoisotopic (exact) mass is 210 g/mol. The van der Waals surface area contributed by atoms with Gasteiger partial charge in [0.05, 0.1) is 17.7 Å². The predicted octanol–water partition coefficient (Wildman–Crippen LogP) is 2.71. The SMILES string of the molecule is O=C(O)Cc1ccc(Cl)c2ccoc12. The molecule has 0 saturated carbocycles. The summed E-state index contributed by atoms with van der Waals surface area (Å²) in [5, 5.41) is 9.99. The average molecular weight is 211 g/mol. The first-order valence-corrected chi connectivity index (χ1v) is 4.42. The van der Waals surface area contributed by atoms with Crippen molar-refractivity contribution < 1.29 is 14.3 Å². The summed E-state index contributed by atoms with van der Waals surface area (Å²) in [4.78, 5) is 10.5. The normalized spacial score (nSPS) is 10.6. The summed E-state index contributed by atoms with van der Waals surface area (Å²) in [6.45, 7) is 0. The molecular formula is C10H7ClO3. The van der Waals surface area contributed by atoms with E-state index in [1.807, 2.05) is 0 Å². The minimum atomic E-state index is -0.884. The van der Waals surface area contributed by atoms with Crippen molar-refractivity contribution in [3.05, 3.63) is 35.0 Å². The summed E-state index contributed by atoms with van der Waals surface area (Å²) in [6, 6.07) is 5.07. The van der Waals surface area contributed by atoms with Crippen LogP contribution in [0.1, 0.15) is 5.56 Å². The summed E-state index contributed by atoms with van der Waals surface area (Å²) in [5.74, 6) is -0.884. The van der Waals surface area contributed by atoms with Gasteiger partial charge in [-0.15, -0.1) is 0 Å². The van der Waals surface area contributed by atoms with Crippen LogP contribution in [-0.4, -0.2) is 11.1 Å². The third-order valence-electron chi connectivity index (χ3n) is 1.99. The van der Waals surface area contributed by atoms with Gasteiger partial charge in [-0.1, -0.05) is 17.7 Å². The van der Waals surface area contributed by atoms with Gasteiger partial charge in [-0.2, -0.15) is 0 Å². The lowest BCUT2D eigenvalue weighted by Crippen LogP contribution is -1.99. The van der Waals surface area contributed by atoms with Gasteiger partial charge in [0.15, 0.2) is 0 Å². The fourth-order valence-corrected chi connectivity index (χ4v) is 1.60. The molecule has 1 heterocycles. The van der Waals surface area contributed by atoms with Crippen molar-refractivity contribution >= 4 is 28.5 Å². The molecule has 2 aromatic rings. The smallest absolute Gasteiger partial charge is 0.307 e. The van der Waals surface area contributed by atoms with Crippen LogP contribution in [0.15, 0.2) is 28.9 Å². The average Bonchev–Trinajstić information content (AvgIpc) is 2.58. The van der Waals surface area contributed by atoms with Gasteiger partial charge >= 0.3 is 5.97 Å². The molecule has 4 heteroatoms. The van der Waals surface area contributed by atoms with E-state index in [4.69, 9.17) is 21.1 Å². The van der Waals surface area contributed by atoms with Crippen molar-refractivity contribution in [3.8, 4) is 0 Å². The second-order valence-electron chi connectivity index (χ2n) is 2.94. The number of carbonyl (C=O) groups is 1. The Morgan fingerprint density at radius 2 is 2.21 bits per heavy atom. The van der Waals surface area contributed by atoms with Crippen LogP contribution >= 0.6 is 11.6 Å². The summed E-state index contributed by atoms with van der Waals surface area (Å²) in [7, 11) is 0. The largest absolute Gasteiger partial charge is 0.481 e. The number of rotatable bonds is 2. The van der Waals surface area contributed by atoms with Gasteiger partial charge in [0, 0.05) is 10.9 Å². The maximum Gasteiger partial charge on any atom is 0.307 e. The van der Waals surface area contributed by atoms with Crippen LogP contribution < -0.4 is 0 Å². The van der Waals surface area contributed by atoms with Gasteiger partial charge in [-0.05, 0) is 12.1 Å². The Morgan fingerprint density at radius 3 is 2.93 bits per heavy atom. The van der Waals surface area contributed by atoms with E-state index < -0.39 is 5.97 Å². The van der Waals surface area contributed by atoms with E-state index in [0.29, 0.717) is 16.2 Å². The second kappa shape index (κ2) is 3.35. The highest BCUT2D eigenvalue weighted by Gasteiger charge is 2.10. The number of halogens is 1. The lowest BCUT2D eigenvalue weighted by molar-refractivity contribution is -0.136. The molecule has 0 atom stereocenters. The summed E-state index contributed by atoms with van der Waals surface area (Å²) >= 11 is 5.90. The number of aliphatic carboxylic acids is 1. The molecule has 0 radical (unpaired) electrons. The number of carboxylic acid groups (broad SMARTS) is 1. The third kappa shape index (κ3) is 1.46. The molecule has 0 aliphatic carbocycles. The minimum absolute atomic E-state index is 0.0544. The molecule has 0 spiro atoms. The quantitative estimate of drug-likeness (QED) is 0.829. The van der Waals surface area contributed by atoms with E-state index in [2.05, 4.69) is 0 Å². The summed E-state index contributed by atoms with van der Waals surface area (Å²) in [5.41, 5.74) is 1.20. The minimum Gasteiger partial charge on any atom is -0.481 e. The fraction of sp³-hybridized carbons (Fsp3) is 0.100. The Kier molecular flexibility index (Phi) is 2.17. The Hall–Kier alpha value is -1.48. The lowest BCUT2D eigenvalue weighted by Gasteiger charge is -1.99. The van der Waals surface area contributed by atoms with Crippen LogP contribution in [0.2, 0.25) is 5.02 Å². The van der Waals surface area contributed by atoms with Gasteiger partial charge in [-0.3, -0.25) is 4.79 Å². The van der Waals surface area contributed by atoms with Crippen LogP contribution in [0.3, 0.4) is 0 Å². The van der Waals surface area contributed by atoms with Gasteiger partial charge in [0.25, 0.3) is 0 Å². The standard InChI is InChI=1S/C10H7ClO3/c11-8-2-1-6(5-9(12)13)10-7(8)3-4-14-10/h1-4H,5H2,(H,12,13). The molecule has 0 aliphatic heterocycles. The van der Waals surface area contributed by atoms with Crippen molar-refractivity contribution in [3.63, 3.8) is 0 Å². The fourth-order valence-electron chi connectivity index (χ4n) is 1.39. The first kappa shape index (κ1) is 9.09. The van der Waals surface area contributed by atoms with E-state index in [1.165, 1.54) is 6.26 Å². The zero-order valence-electron chi connectivity index (χ0n) is 7.16. The third-order valence-corrected chi connectivity index (χ3v) is 2.32. The van der Waals surface area contributed by atoms with Crippen LogP contribution in [0.4, 0.5) is 0 Å². The summed E-state index contributed by atoms with van der Waals surface area (Å²) in [6.07, 6.45) is 1.45. The Bertz CT molecular complexity index is 487. The molecule has 1 N–H and O–H groups in total. The maximum atomic E-state index is 10.5. The number of hydrogen-bond donors (Lipinski definition) is 1. The van der Waals surface area contributed by atoms with Gasteiger partial charge in [0.1, 0.15) is 5.58 Å². The van der Waals surface area contributed by atoms with E-state index in [1.54, 1.807) is 18.2 Å². The van der Waals surface area contributed by atoms with Crippen molar-refractivity contribution in [1.29, 1.82) is 0 Å². The van der Waals surface area contributed by atoms with Crippen LogP contribution in [0.25, 0.3) is 11.0 Å². The van der Waals surface area contributed by atoms with Crippen molar-refractivity contribution in [2.24, 2.45) is 0 Å².